The smallest absolute Gasteiger partial charge is 0.269 e. The zero-order valence-corrected chi connectivity index (χ0v) is 19.4. The van der Waals surface area contributed by atoms with Crippen molar-refractivity contribution in [3.63, 3.8) is 0 Å². The summed E-state index contributed by atoms with van der Waals surface area (Å²) in [4.78, 5) is 31.2. The first-order chi connectivity index (χ1) is 16.5. The fourth-order valence-electron chi connectivity index (χ4n) is 4.24. The van der Waals surface area contributed by atoms with Gasteiger partial charge in [0.1, 0.15) is 5.92 Å². The minimum Gasteiger partial charge on any atom is -0.325 e. The number of rotatable bonds is 9. The summed E-state index contributed by atoms with van der Waals surface area (Å²) in [5, 5.41) is 14.2. The molecule has 3 aromatic carbocycles. The highest BCUT2D eigenvalue weighted by molar-refractivity contribution is 6.24. The van der Waals surface area contributed by atoms with Crippen LogP contribution in [0.15, 0.2) is 77.8 Å². The Morgan fingerprint density at radius 2 is 1.74 bits per heavy atom. The van der Waals surface area contributed by atoms with E-state index < -0.39 is 10.8 Å². The minimum atomic E-state index is -0.736. The van der Waals surface area contributed by atoms with E-state index in [9.17, 15) is 14.9 Å². The SMILES string of the molecule is CCN(CC)CCc1ccc(N=C(c2ccccc2)C2C(=O)Nc3ccc([N+](=O)[O-])cc32)cc1. The molecule has 1 heterocycles. The van der Waals surface area contributed by atoms with Gasteiger partial charge in [0.2, 0.25) is 5.91 Å². The van der Waals surface area contributed by atoms with Crippen molar-refractivity contribution < 1.29 is 9.72 Å². The van der Waals surface area contributed by atoms with Crippen LogP contribution in [0.3, 0.4) is 0 Å². The molecule has 7 nitrogen and oxygen atoms in total. The molecule has 1 N–H and O–H groups in total. The summed E-state index contributed by atoms with van der Waals surface area (Å²) in [7, 11) is 0. The van der Waals surface area contributed by atoms with Crippen molar-refractivity contribution in [2.45, 2.75) is 26.2 Å². The lowest BCUT2D eigenvalue weighted by molar-refractivity contribution is -0.384. The lowest BCUT2D eigenvalue weighted by atomic mass is 9.90. The first-order valence-electron chi connectivity index (χ1n) is 11.5. The number of nitrogens with one attached hydrogen (secondary N) is 1. The molecule has 0 saturated carbocycles. The van der Waals surface area contributed by atoms with Gasteiger partial charge >= 0.3 is 0 Å². The average Bonchev–Trinajstić information content (AvgIpc) is 3.19. The summed E-state index contributed by atoms with van der Waals surface area (Å²) >= 11 is 0. The Labute approximate surface area is 199 Å². The van der Waals surface area contributed by atoms with Crippen LogP contribution in [-0.2, 0) is 11.2 Å². The molecule has 0 aliphatic carbocycles. The molecule has 0 radical (unpaired) electrons. The fourth-order valence-corrected chi connectivity index (χ4v) is 4.24. The number of likely N-dealkylation sites (N-methyl/N-ethyl adjacent to an activating group) is 1. The molecule has 1 unspecified atom stereocenters. The minimum absolute atomic E-state index is 0.0507. The van der Waals surface area contributed by atoms with Gasteiger partial charge in [0.15, 0.2) is 0 Å². The molecule has 7 heteroatoms. The number of hydrogen-bond acceptors (Lipinski definition) is 5. The van der Waals surface area contributed by atoms with Crippen LogP contribution in [0, 0.1) is 10.1 Å². The Balaban J connectivity index is 1.70. The first-order valence-corrected chi connectivity index (χ1v) is 11.5. The maximum absolute atomic E-state index is 13.0. The van der Waals surface area contributed by atoms with Gasteiger partial charge in [-0.2, -0.15) is 0 Å². The van der Waals surface area contributed by atoms with Crippen molar-refractivity contribution >= 4 is 28.7 Å². The molecule has 174 valence electrons. The molecular formula is C27H28N4O3. The lowest BCUT2D eigenvalue weighted by Crippen LogP contribution is -2.25. The van der Waals surface area contributed by atoms with Crippen LogP contribution < -0.4 is 5.32 Å². The highest BCUT2D eigenvalue weighted by Crippen LogP contribution is 2.38. The molecule has 0 aromatic heterocycles. The number of carbonyl (C=O) groups excluding carboxylic acids is 1. The van der Waals surface area contributed by atoms with Gasteiger partial charge < -0.3 is 10.2 Å². The Hall–Kier alpha value is -3.84. The van der Waals surface area contributed by atoms with Crippen LogP contribution in [0.5, 0.6) is 0 Å². The largest absolute Gasteiger partial charge is 0.325 e. The Bertz CT molecular complexity index is 1200. The zero-order chi connectivity index (χ0) is 24.1. The van der Waals surface area contributed by atoms with Crippen molar-refractivity contribution in [3.8, 4) is 0 Å². The topological polar surface area (TPSA) is 87.8 Å². The maximum atomic E-state index is 13.0. The van der Waals surface area contributed by atoms with Crippen LogP contribution >= 0.6 is 0 Å². The average molecular weight is 457 g/mol. The number of nitro groups is 1. The third-order valence-electron chi connectivity index (χ3n) is 6.22. The van der Waals surface area contributed by atoms with Gasteiger partial charge in [-0.15, -0.1) is 0 Å². The van der Waals surface area contributed by atoms with Gasteiger partial charge in [-0.25, -0.2) is 0 Å². The number of carbonyl (C=O) groups is 1. The standard InChI is InChI=1S/C27H28N4O3/c1-3-30(4-2)17-16-19-10-12-21(13-11-19)28-26(20-8-6-5-7-9-20)25-23-18-22(31(33)34)14-15-24(23)29-27(25)32/h5-15,18,25H,3-4,16-17H2,1-2H3,(H,29,32). The number of amides is 1. The fraction of sp³-hybridized carbons (Fsp3) is 0.259. The summed E-state index contributed by atoms with van der Waals surface area (Å²) in [6, 6.07) is 22.0. The van der Waals surface area contributed by atoms with E-state index in [1.807, 2.05) is 42.5 Å². The van der Waals surface area contributed by atoms with E-state index in [1.165, 1.54) is 17.7 Å². The predicted molar refractivity (Wildman–Crippen MR) is 135 cm³/mol. The third kappa shape index (κ3) is 5.05. The van der Waals surface area contributed by atoms with Crippen LogP contribution in [-0.4, -0.2) is 41.1 Å². The van der Waals surface area contributed by atoms with Crippen molar-refractivity contribution in [3.05, 3.63) is 99.6 Å². The Morgan fingerprint density at radius 3 is 2.38 bits per heavy atom. The van der Waals surface area contributed by atoms with Gasteiger partial charge in [0.25, 0.3) is 5.69 Å². The number of hydrogen-bond donors (Lipinski definition) is 1. The van der Waals surface area contributed by atoms with E-state index >= 15 is 0 Å². The molecule has 0 bridgehead atoms. The maximum Gasteiger partial charge on any atom is 0.269 e. The molecule has 4 rings (SSSR count). The van der Waals surface area contributed by atoms with E-state index in [0.717, 1.165) is 37.3 Å². The first kappa shape index (κ1) is 23.3. The van der Waals surface area contributed by atoms with Crippen molar-refractivity contribution in [1.82, 2.24) is 4.90 Å². The number of benzene rings is 3. The molecule has 1 amide bonds. The summed E-state index contributed by atoms with van der Waals surface area (Å²) in [5.74, 6) is -0.978. The summed E-state index contributed by atoms with van der Waals surface area (Å²) < 4.78 is 0. The molecule has 3 aromatic rings. The van der Waals surface area contributed by atoms with Crippen LogP contribution in [0.25, 0.3) is 0 Å². The van der Waals surface area contributed by atoms with E-state index in [-0.39, 0.29) is 11.6 Å². The van der Waals surface area contributed by atoms with Gasteiger partial charge in [-0.05, 0) is 48.8 Å². The Kier molecular flexibility index (Phi) is 7.13. The summed E-state index contributed by atoms with van der Waals surface area (Å²) in [5.41, 5.74) is 4.42. The van der Waals surface area contributed by atoms with Gasteiger partial charge in [-0.1, -0.05) is 56.3 Å². The molecule has 1 aliphatic heterocycles. The monoisotopic (exact) mass is 456 g/mol. The van der Waals surface area contributed by atoms with E-state index in [2.05, 4.69) is 36.2 Å². The molecule has 0 fully saturated rings. The van der Waals surface area contributed by atoms with Gasteiger partial charge in [0.05, 0.1) is 16.3 Å². The highest BCUT2D eigenvalue weighted by atomic mass is 16.6. The highest BCUT2D eigenvalue weighted by Gasteiger charge is 2.36. The van der Waals surface area contributed by atoms with Crippen molar-refractivity contribution in [1.29, 1.82) is 0 Å². The number of nitrogens with zero attached hydrogens (tertiary/aromatic N) is 3. The Morgan fingerprint density at radius 1 is 1.03 bits per heavy atom. The second-order valence-corrected chi connectivity index (χ2v) is 8.26. The number of aliphatic imine (C=N–C) groups is 1. The zero-order valence-electron chi connectivity index (χ0n) is 19.4. The molecule has 34 heavy (non-hydrogen) atoms. The molecule has 0 spiro atoms. The number of nitro benzene ring substituents is 1. The molecular weight excluding hydrogens is 428 g/mol. The van der Waals surface area contributed by atoms with E-state index in [0.29, 0.717) is 17.0 Å². The van der Waals surface area contributed by atoms with Crippen molar-refractivity contribution in [2.24, 2.45) is 4.99 Å². The molecule has 1 aliphatic rings. The van der Waals surface area contributed by atoms with Gasteiger partial charge in [-0.3, -0.25) is 19.9 Å². The predicted octanol–water partition coefficient (Wildman–Crippen LogP) is 5.34. The van der Waals surface area contributed by atoms with E-state index in [1.54, 1.807) is 6.07 Å². The second kappa shape index (κ2) is 10.4. The summed E-state index contributed by atoms with van der Waals surface area (Å²) in [6.45, 7) is 7.39. The van der Waals surface area contributed by atoms with Crippen LogP contribution in [0.2, 0.25) is 0 Å². The number of fused-ring (bicyclic) bond motifs is 1. The number of anilines is 1. The van der Waals surface area contributed by atoms with Crippen LogP contribution in [0.1, 0.15) is 36.5 Å². The lowest BCUT2D eigenvalue weighted by Gasteiger charge is -2.17. The normalized spacial score (nSPS) is 15.3. The van der Waals surface area contributed by atoms with Crippen molar-refractivity contribution in [2.75, 3.05) is 25.0 Å². The third-order valence-corrected chi connectivity index (χ3v) is 6.22. The molecule has 1 atom stereocenters. The quantitative estimate of drug-likeness (QED) is 0.268. The second-order valence-electron chi connectivity index (χ2n) is 8.26. The van der Waals surface area contributed by atoms with Crippen LogP contribution in [0.4, 0.5) is 17.1 Å². The van der Waals surface area contributed by atoms with Gasteiger partial charge in [0, 0.05) is 29.9 Å². The number of non-ortho nitro benzene ring substituents is 1. The molecule has 0 saturated heterocycles. The summed E-state index contributed by atoms with van der Waals surface area (Å²) in [6.07, 6.45) is 0.958. The van der Waals surface area contributed by atoms with E-state index in [4.69, 9.17) is 4.99 Å².